The predicted molar refractivity (Wildman–Crippen MR) is 74.5 cm³/mol. The largest absolute Gasteiger partial charge is 0.390 e. The average molecular weight is 292 g/mol. The number of hydrogen-bond acceptors (Lipinski definition) is 6. The summed E-state index contributed by atoms with van der Waals surface area (Å²) in [4.78, 5) is 6.49. The molecule has 1 aliphatic heterocycles. The number of nitrogens with one attached hydrogen (secondary N) is 1. The number of β-amino-alcohol motifs (C(OH)–C–C–N with tert-alkyl or cyclic N) is 1. The molecule has 0 bridgehead atoms. The van der Waals surface area contributed by atoms with Crippen molar-refractivity contribution in [3.63, 3.8) is 0 Å². The van der Waals surface area contributed by atoms with Gasteiger partial charge in [-0.3, -0.25) is 14.7 Å². The zero-order chi connectivity index (χ0) is 14.7. The maximum Gasteiger partial charge on any atom is 0.180 e. The van der Waals surface area contributed by atoms with Crippen LogP contribution < -0.4 is 0 Å². The minimum absolute atomic E-state index is 0.138. The van der Waals surface area contributed by atoms with Crippen LogP contribution >= 0.6 is 0 Å². The Labute approximate surface area is 122 Å². The molecule has 8 nitrogen and oxygen atoms in total. The van der Waals surface area contributed by atoms with Crippen LogP contribution in [0.2, 0.25) is 0 Å². The summed E-state index contributed by atoms with van der Waals surface area (Å²) in [5.41, 5.74) is 0. The number of rotatable bonds is 5. The van der Waals surface area contributed by atoms with E-state index in [2.05, 4.69) is 25.2 Å². The molecule has 1 saturated heterocycles. The highest BCUT2D eigenvalue weighted by Gasteiger charge is 2.26. The van der Waals surface area contributed by atoms with Gasteiger partial charge in [-0.2, -0.15) is 10.2 Å². The number of morpholine rings is 1. The second kappa shape index (κ2) is 6.33. The lowest BCUT2D eigenvalue weighted by Crippen LogP contribution is -2.43. The Kier molecular flexibility index (Phi) is 4.28. The Morgan fingerprint density at radius 1 is 1.52 bits per heavy atom. The first-order valence-electron chi connectivity index (χ1n) is 7.09. The standard InChI is InChI=1S/C13H20N6O2/c1-10-15-13(17-16-10)12-9-18(5-6-21-12)7-11(20)8-19-4-2-3-14-19/h2-4,11-12,20H,5-9H2,1H3,(H,15,16,17). The molecule has 0 radical (unpaired) electrons. The van der Waals surface area contributed by atoms with E-state index in [1.165, 1.54) is 0 Å². The molecule has 2 aromatic heterocycles. The van der Waals surface area contributed by atoms with Crippen LogP contribution in [0.5, 0.6) is 0 Å². The summed E-state index contributed by atoms with van der Waals surface area (Å²) in [5.74, 6) is 1.46. The molecular formula is C13H20N6O2. The van der Waals surface area contributed by atoms with Gasteiger partial charge in [0.1, 0.15) is 11.9 Å². The monoisotopic (exact) mass is 292 g/mol. The van der Waals surface area contributed by atoms with Gasteiger partial charge in [-0.05, 0) is 13.0 Å². The van der Waals surface area contributed by atoms with Gasteiger partial charge in [-0.15, -0.1) is 0 Å². The summed E-state index contributed by atoms with van der Waals surface area (Å²) in [6.45, 7) is 5.05. The molecule has 2 atom stereocenters. The van der Waals surface area contributed by atoms with Crippen molar-refractivity contribution in [1.82, 2.24) is 29.9 Å². The van der Waals surface area contributed by atoms with Crippen molar-refractivity contribution in [2.24, 2.45) is 0 Å². The third-order valence-electron chi connectivity index (χ3n) is 3.48. The summed E-state index contributed by atoms with van der Waals surface area (Å²) in [7, 11) is 0. The molecule has 0 saturated carbocycles. The van der Waals surface area contributed by atoms with Crippen molar-refractivity contribution in [3.05, 3.63) is 30.1 Å². The first kappa shape index (κ1) is 14.2. The smallest absolute Gasteiger partial charge is 0.180 e. The lowest BCUT2D eigenvalue weighted by atomic mass is 10.2. The van der Waals surface area contributed by atoms with Gasteiger partial charge in [0.25, 0.3) is 0 Å². The third-order valence-corrected chi connectivity index (χ3v) is 3.48. The number of aromatic amines is 1. The number of aliphatic hydroxyl groups excluding tert-OH is 1. The van der Waals surface area contributed by atoms with Gasteiger partial charge >= 0.3 is 0 Å². The average Bonchev–Trinajstić information content (AvgIpc) is 3.10. The predicted octanol–water partition coefficient (Wildman–Crippen LogP) is -0.256. The minimum Gasteiger partial charge on any atom is -0.390 e. The summed E-state index contributed by atoms with van der Waals surface area (Å²) in [5, 5.41) is 21.2. The zero-order valence-electron chi connectivity index (χ0n) is 12.0. The van der Waals surface area contributed by atoms with Crippen molar-refractivity contribution < 1.29 is 9.84 Å². The first-order chi connectivity index (χ1) is 10.2. The Morgan fingerprint density at radius 3 is 3.14 bits per heavy atom. The van der Waals surface area contributed by atoms with Crippen LogP contribution in [-0.4, -0.2) is 67.3 Å². The van der Waals surface area contributed by atoms with Gasteiger partial charge in [0.2, 0.25) is 0 Å². The van der Waals surface area contributed by atoms with Crippen molar-refractivity contribution in [2.45, 2.75) is 25.7 Å². The summed E-state index contributed by atoms with van der Waals surface area (Å²) < 4.78 is 7.45. The highest BCUT2D eigenvalue weighted by molar-refractivity contribution is 4.95. The number of hydrogen-bond donors (Lipinski definition) is 2. The first-order valence-corrected chi connectivity index (χ1v) is 7.09. The summed E-state index contributed by atoms with van der Waals surface area (Å²) in [6.07, 6.45) is 2.96. The molecule has 3 heterocycles. The molecular weight excluding hydrogens is 272 g/mol. The van der Waals surface area contributed by atoms with E-state index in [0.29, 0.717) is 32.1 Å². The molecule has 3 rings (SSSR count). The van der Waals surface area contributed by atoms with Crippen LogP contribution in [0.15, 0.2) is 18.5 Å². The van der Waals surface area contributed by atoms with Gasteiger partial charge in [-0.25, -0.2) is 4.98 Å². The maximum absolute atomic E-state index is 10.2. The zero-order valence-corrected chi connectivity index (χ0v) is 12.0. The molecule has 0 spiro atoms. The molecule has 114 valence electrons. The van der Waals surface area contributed by atoms with Gasteiger partial charge < -0.3 is 9.84 Å². The van der Waals surface area contributed by atoms with Crippen LogP contribution in [0, 0.1) is 6.92 Å². The van der Waals surface area contributed by atoms with Crippen LogP contribution in [0.25, 0.3) is 0 Å². The molecule has 8 heteroatoms. The van der Waals surface area contributed by atoms with Crippen molar-refractivity contribution >= 4 is 0 Å². The van der Waals surface area contributed by atoms with Crippen LogP contribution in [0.3, 0.4) is 0 Å². The normalized spacial score (nSPS) is 21.5. The Balaban J connectivity index is 1.53. The highest BCUT2D eigenvalue weighted by atomic mass is 16.5. The molecule has 0 aliphatic carbocycles. The second-order valence-corrected chi connectivity index (χ2v) is 5.28. The van der Waals surface area contributed by atoms with E-state index in [1.807, 2.05) is 19.2 Å². The van der Waals surface area contributed by atoms with Gasteiger partial charge in [0.05, 0.1) is 19.3 Å². The van der Waals surface area contributed by atoms with Crippen molar-refractivity contribution in [1.29, 1.82) is 0 Å². The van der Waals surface area contributed by atoms with Crippen LogP contribution in [0.4, 0.5) is 0 Å². The van der Waals surface area contributed by atoms with Crippen LogP contribution in [0.1, 0.15) is 17.8 Å². The minimum atomic E-state index is -0.461. The number of aryl methyl sites for hydroxylation is 1. The Hall–Kier alpha value is -1.77. The van der Waals surface area contributed by atoms with E-state index < -0.39 is 6.10 Å². The number of ether oxygens (including phenoxy) is 1. The number of aliphatic hydroxyl groups is 1. The lowest BCUT2D eigenvalue weighted by Gasteiger charge is -2.32. The number of H-pyrrole nitrogens is 1. The van der Waals surface area contributed by atoms with E-state index in [9.17, 15) is 5.11 Å². The fourth-order valence-corrected chi connectivity index (χ4v) is 2.51. The quantitative estimate of drug-likeness (QED) is 0.789. The molecule has 21 heavy (non-hydrogen) atoms. The Bertz CT molecular complexity index is 555. The van der Waals surface area contributed by atoms with Gasteiger partial charge in [0.15, 0.2) is 5.82 Å². The van der Waals surface area contributed by atoms with E-state index in [0.717, 1.165) is 12.4 Å². The molecule has 0 amide bonds. The molecule has 1 fully saturated rings. The number of aromatic nitrogens is 5. The van der Waals surface area contributed by atoms with Crippen LogP contribution in [-0.2, 0) is 11.3 Å². The fraction of sp³-hybridized carbons (Fsp3) is 0.615. The van der Waals surface area contributed by atoms with E-state index in [1.54, 1.807) is 10.9 Å². The summed E-state index contributed by atoms with van der Waals surface area (Å²) >= 11 is 0. The molecule has 2 N–H and O–H groups in total. The lowest BCUT2D eigenvalue weighted by molar-refractivity contribution is -0.0473. The van der Waals surface area contributed by atoms with Crippen molar-refractivity contribution in [3.8, 4) is 0 Å². The van der Waals surface area contributed by atoms with E-state index >= 15 is 0 Å². The van der Waals surface area contributed by atoms with E-state index in [-0.39, 0.29) is 6.10 Å². The Morgan fingerprint density at radius 2 is 2.43 bits per heavy atom. The maximum atomic E-state index is 10.2. The van der Waals surface area contributed by atoms with Gasteiger partial charge in [-0.1, -0.05) is 0 Å². The molecule has 0 aromatic carbocycles. The second-order valence-electron chi connectivity index (χ2n) is 5.28. The number of nitrogens with zero attached hydrogens (tertiary/aromatic N) is 5. The third kappa shape index (κ3) is 3.66. The molecule has 2 aromatic rings. The van der Waals surface area contributed by atoms with Gasteiger partial charge in [0, 0.05) is 32.0 Å². The highest BCUT2D eigenvalue weighted by Crippen LogP contribution is 2.19. The molecule has 2 unspecified atom stereocenters. The molecule has 1 aliphatic rings. The fourth-order valence-electron chi connectivity index (χ4n) is 2.51. The van der Waals surface area contributed by atoms with E-state index in [4.69, 9.17) is 4.74 Å². The van der Waals surface area contributed by atoms with Crippen molar-refractivity contribution in [2.75, 3.05) is 26.2 Å². The summed E-state index contributed by atoms with van der Waals surface area (Å²) in [6, 6.07) is 1.85. The SMILES string of the molecule is Cc1nc(C2CN(CC(O)Cn3cccn3)CCO2)n[nH]1. The topological polar surface area (TPSA) is 92.1 Å².